The van der Waals surface area contributed by atoms with Crippen molar-refractivity contribution in [2.24, 2.45) is 0 Å². The summed E-state index contributed by atoms with van der Waals surface area (Å²) in [4.78, 5) is 41.5. The van der Waals surface area contributed by atoms with E-state index < -0.39 is 23.4 Å². The Balaban J connectivity index is 2.37. The number of carbonyl (C=O) groups is 3. The van der Waals surface area contributed by atoms with Gasteiger partial charge in [-0.1, -0.05) is 0 Å². The molecule has 2 aliphatic rings. The van der Waals surface area contributed by atoms with E-state index in [0.717, 1.165) is 11.4 Å². The molecular weight excluding hydrogens is 402 g/mol. The second kappa shape index (κ2) is 8.58. The molecule has 0 spiro atoms. The first-order chi connectivity index (χ1) is 14.7. The lowest BCUT2D eigenvalue weighted by Crippen LogP contribution is -2.53. The molecule has 9 nitrogen and oxygen atoms in total. The summed E-state index contributed by atoms with van der Waals surface area (Å²) in [5, 5.41) is 3.45. The van der Waals surface area contributed by atoms with E-state index in [9.17, 15) is 14.4 Å². The van der Waals surface area contributed by atoms with Gasteiger partial charge in [0.25, 0.3) is 0 Å². The quantitative estimate of drug-likeness (QED) is 0.472. The van der Waals surface area contributed by atoms with Gasteiger partial charge >= 0.3 is 17.9 Å². The molecule has 0 amide bonds. The van der Waals surface area contributed by atoms with Gasteiger partial charge in [-0.15, -0.1) is 0 Å². The summed E-state index contributed by atoms with van der Waals surface area (Å²) in [7, 11) is 5.55. The summed E-state index contributed by atoms with van der Waals surface area (Å²) in [6.07, 6.45) is 0. The Labute approximate surface area is 182 Å². The molecule has 168 valence electrons. The second-order valence-electron chi connectivity index (χ2n) is 7.40. The molecule has 1 aromatic rings. The summed E-state index contributed by atoms with van der Waals surface area (Å²) in [5.41, 5.74) is 0.546. The molecule has 1 aromatic carbocycles. The maximum Gasteiger partial charge on any atom is 0.338 e. The van der Waals surface area contributed by atoms with Crippen molar-refractivity contribution in [2.45, 2.75) is 26.3 Å². The van der Waals surface area contributed by atoms with Crippen LogP contribution in [-0.2, 0) is 34.1 Å². The molecule has 31 heavy (non-hydrogen) atoms. The number of hydrogen-bond acceptors (Lipinski definition) is 9. The van der Waals surface area contributed by atoms with Crippen molar-refractivity contribution in [1.82, 2.24) is 5.01 Å². The Morgan fingerprint density at radius 3 is 2.19 bits per heavy atom. The Morgan fingerprint density at radius 2 is 1.61 bits per heavy atom. The molecule has 0 bridgehead atoms. The molecule has 2 heterocycles. The maximum atomic E-state index is 13.6. The summed E-state index contributed by atoms with van der Waals surface area (Å²) in [6, 6.07) is 5.66. The van der Waals surface area contributed by atoms with Crippen molar-refractivity contribution < 1.29 is 28.6 Å². The molecule has 0 saturated heterocycles. The number of carbonyl (C=O) groups excluding carboxylic acids is 3. The van der Waals surface area contributed by atoms with Gasteiger partial charge in [0, 0.05) is 32.4 Å². The van der Waals surface area contributed by atoms with Crippen molar-refractivity contribution in [3.8, 4) is 0 Å². The number of anilines is 2. The van der Waals surface area contributed by atoms with Crippen LogP contribution in [-0.4, -0.2) is 70.4 Å². The summed E-state index contributed by atoms with van der Waals surface area (Å²) >= 11 is 0. The van der Waals surface area contributed by atoms with Crippen LogP contribution in [0.2, 0.25) is 0 Å². The van der Waals surface area contributed by atoms with Crippen LogP contribution in [0.25, 0.3) is 0 Å². The number of fused-ring (bicyclic) bond motifs is 3. The summed E-state index contributed by atoms with van der Waals surface area (Å²) in [6.45, 7) is 5.42. The predicted molar refractivity (Wildman–Crippen MR) is 114 cm³/mol. The highest BCUT2D eigenvalue weighted by Gasteiger charge is 2.65. The van der Waals surface area contributed by atoms with Crippen LogP contribution >= 0.6 is 0 Å². The number of hydrazine groups is 1. The molecule has 0 aromatic heterocycles. The van der Waals surface area contributed by atoms with E-state index >= 15 is 0 Å². The fourth-order valence-corrected chi connectivity index (χ4v) is 4.22. The van der Waals surface area contributed by atoms with Crippen molar-refractivity contribution in [2.75, 3.05) is 57.4 Å². The summed E-state index contributed by atoms with van der Waals surface area (Å²) < 4.78 is 16.0. The topological polar surface area (TPSA) is 88.6 Å². The van der Waals surface area contributed by atoms with Gasteiger partial charge in [0.05, 0.1) is 43.2 Å². The Hall–Kier alpha value is -3.07. The van der Waals surface area contributed by atoms with E-state index in [1.807, 2.05) is 37.2 Å². The number of ether oxygens (including phenoxy) is 3. The molecule has 3 rings (SSSR count). The lowest BCUT2D eigenvalue weighted by molar-refractivity contribution is -0.157. The number of hydrogen-bond donors (Lipinski definition) is 0. The van der Waals surface area contributed by atoms with Crippen LogP contribution in [0, 0.1) is 0 Å². The first-order valence-corrected chi connectivity index (χ1v) is 10.3. The minimum Gasteiger partial charge on any atom is -0.464 e. The predicted octanol–water partition coefficient (Wildman–Crippen LogP) is 1.61. The third-order valence-corrected chi connectivity index (χ3v) is 5.53. The zero-order valence-corrected chi connectivity index (χ0v) is 18.9. The lowest BCUT2D eigenvalue weighted by Gasteiger charge is -2.34. The molecular formula is C22H29N3O6. The van der Waals surface area contributed by atoms with Crippen molar-refractivity contribution >= 4 is 29.3 Å². The molecule has 9 heteroatoms. The molecule has 1 atom stereocenters. The van der Waals surface area contributed by atoms with E-state index in [2.05, 4.69) is 0 Å². The SMILES string of the molecule is CCOC(=O)C1=C(C(=O)OCC)C2(C(=O)OCC)c3cc(N(C)C)ccc3N(C)N2C1. The number of nitrogens with zero attached hydrogens (tertiary/aromatic N) is 3. The molecule has 0 fully saturated rings. The van der Waals surface area contributed by atoms with Crippen LogP contribution in [0.4, 0.5) is 11.4 Å². The Kier molecular flexibility index (Phi) is 6.26. The van der Waals surface area contributed by atoms with E-state index in [4.69, 9.17) is 14.2 Å². The van der Waals surface area contributed by atoms with Crippen molar-refractivity contribution in [1.29, 1.82) is 0 Å². The highest BCUT2D eigenvalue weighted by atomic mass is 16.5. The standard InChI is InChI=1S/C22H29N3O6/c1-7-29-19(26)15-13-25-22(21(28)31-9-3,18(15)20(27)30-8-2)16-12-14(23(4)5)10-11-17(16)24(25)6/h10-12H,7-9,13H2,1-6H3. The van der Waals surface area contributed by atoms with Crippen molar-refractivity contribution in [3.05, 3.63) is 34.9 Å². The first kappa shape index (κ1) is 22.6. The van der Waals surface area contributed by atoms with Gasteiger partial charge in [-0.3, -0.25) is 0 Å². The van der Waals surface area contributed by atoms with Crippen LogP contribution in [0.1, 0.15) is 26.3 Å². The van der Waals surface area contributed by atoms with E-state index in [0.29, 0.717) is 5.56 Å². The van der Waals surface area contributed by atoms with E-state index in [1.165, 1.54) is 0 Å². The zero-order valence-electron chi connectivity index (χ0n) is 18.9. The lowest BCUT2D eigenvalue weighted by atomic mass is 9.82. The van der Waals surface area contributed by atoms with Crippen LogP contribution in [0.5, 0.6) is 0 Å². The minimum absolute atomic E-state index is 0.00821. The molecule has 0 radical (unpaired) electrons. The highest BCUT2D eigenvalue weighted by Crippen LogP contribution is 2.54. The van der Waals surface area contributed by atoms with E-state index in [-0.39, 0.29) is 37.5 Å². The van der Waals surface area contributed by atoms with Gasteiger partial charge in [-0.2, -0.15) is 5.01 Å². The van der Waals surface area contributed by atoms with Gasteiger partial charge in [0.15, 0.2) is 5.54 Å². The third-order valence-electron chi connectivity index (χ3n) is 5.53. The second-order valence-corrected chi connectivity index (χ2v) is 7.40. The fraction of sp³-hybridized carbons (Fsp3) is 0.500. The van der Waals surface area contributed by atoms with Gasteiger partial charge in [-0.25, -0.2) is 14.4 Å². The normalized spacial score (nSPS) is 19.7. The fourth-order valence-electron chi connectivity index (χ4n) is 4.22. The number of benzene rings is 1. The number of rotatable bonds is 7. The summed E-state index contributed by atoms with van der Waals surface area (Å²) in [5.74, 6) is -2.03. The molecule has 1 unspecified atom stereocenters. The van der Waals surface area contributed by atoms with Crippen LogP contribution < -0.4 is 9.91 Å². The smallest absolute Gasteiger partial charge is 0.338 e. The zero-order chi connectivity index (χ0) is 22.9. The number of esters is 3. The van der Waals surface area contributed by atoms with Crippen molar-refractivity contribution in [3.63, 3.8) is 0 Å². The first-order valence-electron chi connectivity index (χ1n) is 10.3. The van der Waals surface area contributed by atoms with Crippen LogP contribution in [0.3, 0.4) is 0 Å². The Morgan fingerprint density at radius 1 is 1.00 bits per heavy atom. The molecule has 0 saturated carbocycles. The maximum absolute atomic E-state index is 13.6. The average molecular weight is 431 g/mol. The third kappa shape index (κ3) is 3.33. The average Bonchev–Trinajstić information content (AvgIpc) is 3.21. The molecule has 0 N–H and O–H groups in total. The monoisotopic (exact) mass is 431 g/mol. The van der Waals surface area contributed by atoms with Gasteiger partial charge in [0.1, 0.15) is 0 Å². The van der Waals surface area contributed by atoms with Gasteiger partial charge < -0.3 is 24.1 Å². The highest BCUT2D eigenvalue weighted by molar-refractivity contribution is 6.11. The Bertz CT molecular complexity index is 941. The van der Waals surface area contributed by atoms with Gasteiger partial charge in [0.2, 0.25) is 0 Å². The minimum atomic E-state index is -1.64. The van der Waals surface area contributed by atoms with Gasteiger partial charge in [-0.05, 0) is 39.0 Å². The molecule has 2 aliphatic heterocycles. The van der Waals surface area contributed by atoms with Crippen LogP contribution in [0.15, 0.2) is 29.3 Å². The molecule has 0 aliphatic carbocycles. The van der Waals surface area contributed by atoms with E-state index in [1.54, 1.807) is 37.8 Å². The largest absolute Gasteiger partial charge is 0.464 e.